The topological polar surface area (TPSA) is 37.8 Å². The summed E-state index contributed by atoms with van der Waals surface area (Å²) in [5.74, 6) is 0.820. The maximum Gasteiger partial charge on any atom is 0.142 e. The molecule has 0 aliphatic carbocycles. The van der Waals surface area contributed by atoms with Gasteiger partial charge in [0.2, 0.25) is 0 Å². The fourth-order valence-corrected chi connectivity index (χ4v) is 1.53. The van der Waals surface area contributed by atoms with E-state index in [1.165, 1.54) is 5.56 Å². The van der Waals surface area contributed by atoms with Gasteiger partial charge < -0.3 is 5.32 Å². The molecule has 0 atom stereocenters. The molecule has 0 spiro atoms. The lowest BCUT2D eigenvalue weighted by Gasteiger charge is -2.03. The molecule has 82 valence electrons. The second kappa shape index (κ2) is 4.86. The van der Waals surface area contributed by atoms with Gasteiger partial charge in [0.1, 0.15) is 5.82 Å². The van der Waals surface area contributed by atoms with Gasteiger partial charge in [-0.2, -0.15) is 0 Å². The Hall–Kier alpha value is -1.74. The largest absolute Gasteiger partial charge is 0.313 e. The minimum absolute atomic E-state index is 0.694. The highest BCUT2D eigenvalue weighted by Gasteiger charge is 2.00. The molecule has 0 amide bonds. The smallest absolute Gasteiger partial charge is 0.142 e. The zero-order chi connectivity index (χ0) is 11.4. The standard InChI is InChI=1S/C13H15N3/c1-10-3-5-11(6-4-10)12-7-8-15-13(16-12)9-14-2/h3-8,14H,9H2,1-2H3. The molecule has 16 heavy (non-hydrogen) atoms. The first-order chi connectivity index (χ1) is 7.79. The summed E-state index contributed by atoms with van der Waals surface area (Å²) in [5, 5.41) is 3.05. The van der Waals surface area contributed by atoms with Crippen LogP contribution in [0.1, 0.15) is 11.4 Å². The molecular weight excluding hydrogens is 198 g/mol. The van der Waals surface area contributed by atoms with E-state index in [0.717, 1.165) is 17.1 Å². The minimum Gasteiger partial charge on any atom is -0.313 e. The molecule has 0 fully saturated rings. The number of benzene rings is 1. The monoisotopic (exact) mass is 213 g/mol. The van der Waals surface area contributed by atoms with E-state index >= 15 is 0 Å². The van der Waals surface area contributed by atoms with Crippen molar-refractivity contribution in [3.8, 4) is 11.3 Å². The van der Waals surface area contributed by atoms with E-state index < -0.39 is 0 Å². The Kier molecular flexibility index (Phi) is 3.27. The van der Waals surface area contributed by atoms with Gasteiger partial charge in [0, 0.05) is 11.8 Å². The van der Waals surface area contributed by atoms with Crippen molar-refractivity contribution in [3.63, 3.8) is 0 Å². The second-order valence-corrected chi connectivity index (χ2v) is 3.75. The summed E-state index contributed by atoms with van der Waals surface area (Å²) >= 11 is 0. The van der Waals surface area contributed by atoms with Gasteiger partial charge in [-0.1, -0.05) is 29.8 Å². The summed E-state index contributed by atoms with van der Waals surface area (Å²) in [5.41, 5.74) is 3.36. The molecule has 2 aromatic rings. The molecule has 0 radical (unpaired) electrons. The lowest BCUT2D eigenvalue weighted by atomic mass is 10.1. The number of aryl methyl sites for hydroxylation is 1. The highest BCUT2D eigenvalue weighted by atomic mass is 14.9. The molecule has 3 heteroatoms. The van der Waals surface area contributed by atoms with Crippen LogP contribution in [0.4, 0.5) is 0 Å². The molecule has 2 rings (SSSR count). The lowest BCUT2D eigenvalue weighted by molar-refractivity contribution is 0.759. The summed E-state index contributed by atoms with van der Waals surface area (Å²) in [6.45, 7) is 2.77. The number of hydrogen-bond acceptors (Lipinski definition) is 3. The third kappa shape index (κ3) is 2.44. The normalized spacial score (nSPS) is 10.4. The van der Waals surface area contributed by atoms with E-state index in [2.05, 4.69) is 46.5 Å². The quantitative estimate of drug-likeness (QED) is 0.849. The fraction of sp³-hybridized carbons (Fsp3) is 0.231. The summed E-state index contributed by atoms with van der Waals surface area (Å²) in [4.78, 5) is 8.69. The van der Waals surface area contributed by atoms with Gasteiger partial charge in [0.15, 0.2) is 0 Å². The van der Waals surface area contributed by atoms with Crippen molar-refractivity contribution in [2.75, 3.05) is 7.05 Å². The predicted octanol–water partition coefficient (Wildman–Crippen LogP) is 2.17. The highest BCUT2D eigenvalue weighted by molar-refractivity contribution is 5.58. The number of nitrogens with zero attached hydrogens (tertiary/aromatic N) is 2. The minimum atomic E-state index is 0.694. The van der Waals surface area contributed by atoms with Crippen LogP contribution in [-0.4, -0.2) is 17.0 Å². The lowest BCUT2D eigenvalue weighted by Crippen LogP contribution is -2.09. The van der Waals surface area contributed by atoms with Gasteiger partial charge in [-0.05, 0) is 20.0 Å². The molecule has 0 aliphatic heterocycles. The molecule has 0 unspecified atom stereocenters. The molecule has 0 bridgehead atoms. The molecule has 1 N–H and O–H groups in total. The van der Waals surface area contributed by atoms with Gasteiger partial charge >= 0.3 is 0 Å². The zero-order valence-electron chi connectivity index (χ0n) is 9.57. The first-order valence-electron chi connectivity index (χ1n) is 5.33. The summed E-state index contributed by atoms with van der Waals surface area (Å²) in [6.07, 6.45) is 1.80. The van der Waals surface area contributed by atoms with Crippen LogP contribution in [0.5, 0.6) is 0 Å². The van der Waals surface area contributed by atoms with E-state index in [9.17, 15) is 0 Å². The van der Waals surface area contributed by atoms with Crippen molar-refractivity contribution in [2.24, 2.45) is 0 Å². The van der Waals surface area contributed by atoms with Crippen LogP contribution >= 0.6 is 0 Å². The first kappa shape index (κ1) is 10.8. The van der Waals surface area contributed by atoms with E-state index in [-0.39, 0.29) is 0 Å². The van der Waals surface area contributed by atoms with Crippen molar-refractivity contribution < 1.29 is 0 Å². The molecule has 1 aromatic heterocycles. The third-order valence-corrected chi connectivity index (χ3v) is 2.39. The van der Waals surface area contributed by atoms with Crippen LogP contribution < -0.4 is 5.32 Å². The summed E-state index contributed by atoms with van der Waals surface area (Å²) in [6, 6.07) is 10.3. The molecule has 3 nitrogen and oxygen atoms in total. The fourth-order valence-electron chi connectivity index (χ4n) is 1.53. The van der Waals surface area contributed by atoms with Crippen LogP contribution in [-0.2, 0) is 6.54 Å². The molecule has 0 saturated heterocycles. The predicted molar refractivity (Wildman–Crippen MR) is 65.0 cm³/mol. The van der Waals surface area contributed by atoms with Crippen molar-refractivity contribution in [1.82, 2.24) is 15.3 Å². The van der Waals surface area contributed by atoms with Crippen molar-refractivity contribution >= 4 is 0 Å². The maximum atomic E-state index is 4.49. The van der Waals surface area contributed by atoms with Gasteiger partial charge in [-0.15, -0.1) is 0 Å². The first-order valence-corrected chi connectivity index (χ1v) is 5.33. The van der Waals surface area contributed by atoms with Crippen molar-refractivity contribution in [1.29, 1.82) is 0 Å². The zero-order valence-corrected chi connectivity index (χ0v) is 9.57. The maximum absolute atomic E-state index is 4.49. The number of rotatable bonds is 3. The molecular formula is C13H15N3. The second-order valence-electron chi connectivity index (χ2n) is 3.75. The number of hydrogen-bond donors (Lipinski definition) is 1. The van der Waals surface area contributed by atoms with E-state index in [0.29, 0.717) is 6.54 Å². The van der Waals surface area contributed by atoms with Crippen LogP contribution in [0.3, 0.4) is 0 Å². The Bertz CT molecular complexity index is 463. The third-order valence-electron chi connectivity index (χ3n) is 2.39. The molecule has 0 aliphatic rings. The summed E-state index contributed by atoms with van der Waals surface area (Å²) < 4.78 is 0. The molecule has 1 aromatic carbocycles. The SMILES string of the molecule is CNCc1nccc(-c2ccc(C)cc2)n1. The van der Waals surface area contributed by atoms with Crippen LogP contribution in [0.2, 0.25) is 0 Å². The van der Waals surface area contributed by atoms with Gasteiger partial charge in [0.05, 0.1) is 12.2 Å². The Morgan fingerprint density at radius 2 is 1.88 bits per heavy atom. The average molecular weight is 213 g/mol. The number of nitrogens with one attached hydrogen (secondary N) is 1. The summed E-state index contributed by atoms with van der Waals surface area (Å²) in [7, 11) is 1.89. The van der Waals surface area contributed by atoms with Crippen LogP contribution in [0, 0.1) is 6.92 Å². The average Bonchev–Trinajstić information content (AvgIpc) is 2.31. The van der Waals surface area contributed by atoms with Crippen LogP contribution in [0.15, 0.2) is 36.5 Å². The van der Waals surface area contributed by atoms with Crippen molar-refractivity contribution in [3.05, 3.63) is 47.9 Å². The van der Waals surface area contributed by atoms with Crippen molar-refractivity contribution in [2.45, 2.75) is 13.5 Å². The Balaban J connectivity index is 2.32. The Morgan fingerprint density at radius 3 is 2.56 bits per heavy atom. The van der Waals surface area contributed by atoms with Gasteiger partial charge in [-0.25, -0.2) is 9.97 Å². The van der Waals surface area contributed by atoms with E-state index in [1.807, 2.05) is 13.1 Å². The Morgan fingerprint density at radius 1 is 1.12 bits per heavy atom. The Labute approximate surface area is 95.6 Å². The molecule has 1 heterocycles. The highest BCUT2D eigenvalue weighted by Crippen LogP contribution is 2.16. The van der Waals surface area contributed by atoms with Gasteiger partial charge in [0.25, 0.3) is 0 Å². The molecule has 0 saturated carbocycles. The van der Waals surface area contributed by atoms with E-state index in [4.69, 9.17) is 0 Å². The van der Waals surface area contributed by atoms with Gasteiger partial charge in [-0.3, -0.25) is 0 Å². The van der Waals surface area contributed by atoms with E-state index in [1.54, 1.807) is 6.20 Å². The van der Waals surface area contributed by atoms with Crippen LogP contribution in [0.25, 0.3) is 11.3 Å². The number of aromatic nitrogens is 2.